The zero-order chi connectivity index (χ0) is 15.2. The number of aromatic nitrogens is 2. The van der Waals surface area contributed by atoms with Gasteiger partial charge in [0.25, 0.3) is 0 Å². The minimum absolute atomic E-state index is 0.267. The fraction of sp³-hybridized carbons (Fsp3) is 0.438. The molecule has 0 saturated carbocycles. The highest BCUT2D eigenvalue weighted by atomic mass is 19.1. The molecule has 0 aliphatic heterocycles. The lowest BCUT2D eigenvalue weighted by Gasteiger charge is -2.10. The standard InChI is InChI=1S/C16H22FN3O/c1-12(2)7-18-8-13-4-5-16(15(17)6-13)21-10-14-9-19-11-20(14)3/h4-6,9,11-12,18H,7-8,10H2,1-3H3. The van der Waals surface area contributed by atoms with Crippen molar-refractivity contribution in [1.82, 2.24) is 14.9 Å². The molecule has 4 nitrogen and oxygen atoms in total. The van der Waals surface area contributed by atoms with E-state index in [1.165, 1.54) is 6.07 Å². The molecule has 21 heavy (non-hydrogen) atoms. The third kappa shape index (κ3) is 4.56. The summed E-state index contributed by atoms with van der Waals surface area (Å²) in [5.74, 6) is 0.515. The number of rotatable bonds is 7. The summed E-state index contributed by atoms with van der Waals surface area (Å²) in [5, 5.41) is 3.29. The maximum atomic E-state index is 14.0. The Bertz CT molecular complexity index is 581. The smallest absolute Gasteiger partial charge is 0.165 e. The first-order chi connectivity index (χ1) is 10.1. The molecule has 1 aromatic heterocycles. The summed E-state index contributed by atoms with van der Waals surface area (Å²) in [6.07, 6.45) is 3.40. The van der Waals surface area contributed by atoms with E-state index in [9.17, 15) is 4.39 Å². The van der Waals surface area contributed by atoms with Crippen molar-refractivity contribution >= 4 is 0 Å². The molecule has 2 aromatic rings. The molecule has 0 aliphatic rings. The third-order valence-electron chi connectivity index (χ3n) is 3.17. The van der Waals surface area contributed by atoms with Gasteiger partial charge in [0.1, 0.15) is 6.61 Å². The van der Waals surface area contributed by atoms with Crippen LogP contribution in [0, 0.1) is 11.7 Å². The van der Waals surface area contributed by atoms with Gasteiger partial charge in [-0.15, -0.1) is 0 Å². The van der Waals surface area contributed by atoms with Crippen LogP contribution < -0.4 is 10.1 Å². The lowest BCUT2D eigenvalue weighted by atomic mass is 10.2. The maximum absolute atomic E-state index is 14.0. The maximum Gasteiger partial charge on any atom is 0.165 e. The predicted octanol–water partition coefficient (Wildman–Crippen LogP) is 2.88. The number of halogens is 1. The summed E-state index contributed by atoms with van der Waals surface area (Å²) in [6, 6.07) is 5.08. The molecule has 5 heteroatoms. The van der Waals surface area contributed by atoms with Crippen LogP contribution >= 0.6 is 0 Å². The van der Waals surface area contributed by atoms with E-state index in [0.29, 0.717) is 19.1 Å². The van der Waals surface area contributed by atoms with Crippen LogP contribution in [0.3, 0.4) is 0 Å². The van der Waals surface area contributed by atoms with Gasteiger partial charge < -0.3 is 14.6 Å². The average molecular weight is 291 g/mol. The summed E-state index contributed by atoms with van der Waals surface area (Å²) >= 11 is 0. The first-order valence-corrected chi connectivity index (χ1v) is 7.13. The number of benzene rings is 1. The van der Waals surface area contributed by atoms with Gasteiger partial charge in [-0.05, 0) is 30.2 Å². The highest BCUT2D eigenvalue weighted by molar-refractivity contribution is 5.29. The Hall–Kier alpha value is -1.88. The Morgan fingerprint density at radius 1 is 1.38 bits per heavy atom. The van der Waals surface area contributed by atoms with Crippen LogP contribution in [0.4, 0.5) is 4.39 Å². The molecule has 0 spiro atoms. The van der Waals surface area contributed by atoms with Gasteiger partial charge in [-0.2, -0.15) is 0 Å². The van der Waals surface area contributed by atoms with Gasteiger partial charge >= 0.3 is 0 Å². The van der Waals surface area contributed by atoms with Gasteiger partial charge in [-0.3, -0.25) is 0 Å². The van der Waals surface area contributed by atoms with Crippen LogP contribution in [0.5, 0.6) is 5.75 Å². The number of aryl methyl sites for hydroxylation is 1. The first-order valence-electron chi connectivity index (χ1n) is 7.13. The highest BCUT2D eigenvalue weighted by Crippen LogP contribution is 2.19. The van der Waals surface area contributed by atoms with Gasteiger partial charge in [0, 0.05) is 13.6 Å². The van der Waals surface area contributed by atoms with Crippen molar-refractivity contribution in [3.05, 3.63) is 47.8 Å². The molecule has 0 bridgehead atoms. The van der Waals surface area contributed by atoms with E-state index >= 15 is 0 Å². The molecule has 0 saturated heterocycles. The summed E-state index contributed by atoms with van der Waals surface area (Å²) in [5.41, 5.74) is 1.82. The second-order valence-electron chi connectivity index (χ2n) is 5.57. The van der Waals surface area contributed by atoms with E-state index < -0.39 is 0 Å². The molecule has 0 atom stereocenters. The fourth-order valence-corrected chi connectivity index (χ4v) is 1.95. The van der Waals surface area contributed by atoms with Gasteiger partial charge in [-0.1, -0.05) is 19.9 Å². The molecule has 0 radical (unpaired) electrons. The van der Waals surface area contributed by atoms with E-state index in [-0.39, 0.29) is 11.6 Å². The van der Waals surface area contributed by atoms with Crippen molar-refractivity contribution in [2.24, 2.45) is 13.0 Å². The molecule has 1 aromatic carbocycles. The van der Waals surface area contributed by atoms with Gasteiger partial charge in [0.05, 0.1) is 18.2 Å². The third-order valence-corrected chi connectivity index (χ3v) is 3.17. The van der Waals surface area contributed by atoms with Crippen LogP contribution in [0.25, 0.3) is 0 Å². The zero-order valence-corrected chi connectivity index (χ0v) is 12.8. The van der Waals surface area contributed by atoms with Gasteiger partial charge in [0.15, 0.2) is 11.6 Å². The van der Waals surface area contributed by atoms with E-state index in [1.54, 1.807) is 18.6 Å². The number of nitrogens with one attached hydrogen (secondary N) is 1. The average Bonchev–Trinajstić information content (AvgIpc) is 2.83. The van der Waals surface area contributed by atoms with Crippen molar-refractivity contribution < 1.29 is 9.13 Å². The van der Waals surface area contributed by atoms with Crippen LogP contribution in [-0.2, 0) is 20.2 Å². The van der Waals surface area contributed by atoms with Crippen LogP contribution in [0.2, 0.25) is 0 Å². The van der Waals surface area contributed by atoms with E-state index in [0.717, 1.165) is 17.8 Å². The normalized spacial score (nSPS) is 11.1. The number of nitrogens with zero attached hydrogens (tertiary/aromatic N) is 2. The van der Waals surface area contributed by atoms with Crippen LogP contribution in [0.15, 0.2) is 30.7 Å². The molecule has 0 unspecified atom stereocenters. The molecule has 1 heterocycles. The molecule has 0 aliphatic carbocycles. The van der Waals surface area contributed by atoms with Crippen LogP contribution in [0.1, 0.15) is 25.1 Å². The van der Waals surface area contributed by atoms with Crippen molar-refractivity contribution in [2.45, 2.75) is 27.0 Å². The van der Waals surface area contributed by atoms with E-state index in [4.69, 9.17) is 4.74 Å². The minimum atomic E-state index is -0.332. The monoisotopic (exact) mass is 291 g/mol. The first kappa shape index (κ1) is 15.5. The summed E-state index contributed by atoms with van der Waals surface area (Å²) in [4.78, 5) is 4.00. The Morgan fingerprint density at radius 2 is 2.19 bits per heavy atom. The van der Waals surface area contributed by atoms with Crippen molar-refractivity contribution in [1.29, 1.82) is 0 Å². The topological polar surface area (TPSA) is 39.1 Å². The second kappa shape index (κ2) is 7.22. The van der Waals surface area contributed by atoms with E-state index in [1.807, 2.05) is 17.7 Å². The summed E-state index contributed by atoms with van der Waals surface area (Å²) in [7, 11) is 1.88. The van der Waals surface area contributed by atoms with Crippen molar-refractivity contribution in [2.75, 3.05) is 6.54 Å². The molecular formula is C16H22FN3O. The summed E-state index contributed by atoms with van der Waals surface area (Å²) in [6.45, 7) is 6.17. The molecule has 0 fully saturated rings. The molecule has 1 N–H and O–H groups in total. The highest BCUT2D eigenvalue weighted by Gasteiger charge is 2.07. The van der Waals surface area contributed by atoms with Crippen molar-refractivity contribution in [3.8, 4) is 5.75 Å². The number of hydrogen-bond acceptors (Lipinski definition) is 3. The van der Waals surface area contributed by atoms with Gasteiger partial charge in [-0.25, -0.2) is 9.37 Å². The Morgan fingerprint density at radius 3 is 2.81 bits per heavy atom. The Labute approximate surface area is 125 Å². The molecular weight excluding hydrogens is 269 g/mol. The van der Waals surface area contributed by atoms with Gasteiger partial charge in [0.2, 0.25) is 0 Å². The molecule has 114 valence electrons. The lowest BCUT2D eigenvalue weighted by molar-refractivity contribution is 0.282. The quantitative estimate of drug-likeness (QED) is 0.852. The lowest BCUT2D eigenvalue weighted by Crippen LogP contribution is -2.19. The van der Waals surface area contributed by atoms with Crippen molar-refractivity contribution in [3.63, 3.8) is 0 Å². The minimum Gasteiger partial charge on any atom is -0.484 e. The molecule has 0 amide bonds. The largest absolute Gasteiger partial charge is 0.484 e. The number of ether oxygens (including phenoxy) is 1. The SMILES string of the molecule is CC(C)CNCc1ccc(OCc2cncn2C)c(F)c1. The molecule has 2 rings (SSSR count). The second-order valence-corrected chi connectivity index (χ2v) is 5.57. The summed E-state index contributed by atoms with van der Waals surface area (Å²) < 4.78 is 21.3. The van der Waals surface area contributed by atoms with E-state index in [2.05, 4.69) is 24.1 Å². The fourth-order valence-electron chi connectivity index (χ4n) is 1.95. The number of imidazole rings is 1. The Kier molecular flexibility index (Phi) is 5.33. The number of hydrogen-bond donors (Lipinski definition) is 1. The van der Waals surface area contributed by atoms with Crippen LogP contribution in [-0.4, -0.2) is 16.1 Å². The predicted molar refractivity (Wildman–Crippen MR) is 80.5 cm³/mol. The zero-order valence-electron chi connectivity index (χ0n) is 12.8. The Balaban J connectivity index is 1.91.